The maximum Gasteiger partial charge on any atom is 0.227 e. The Morgan fingerprint density at radius 2 is 2.13 bits per heavy atom. The van der Waals surface area contributed by atoms with Crippen molar-refractivity contribution in [1.29, 1.82) is 0 Å². The lowest BCUT2D eigenvalue weighted by atomic mass is 10.1. The number of para-hydroxylation sites is 1. The third-order valence-electron chi connectivity index (χ3n) is 4.34. The van der Waals surface area contributed by atoms with Gasteiger partial charge in [0.1, 0.15) is 5.75 Å². The summed E-state index contributed by atoms with van der Waals surface area (Å²) in [4.78, 5) is 28.2. The Balaban J connectivity index is 1.98. The number of benzene rings is 1. The molecule has 0 N–H and O–H groups in total. The number of unbranched alkanes of at least 4 members (excludes halogenated alkanes) is 1. The molecule has 2 amide bonds. The van der Waals surface area contributed by atoms with E-state index in [4.69, 9.17) is 4.74 Å². The van der Waals surface area contributed by atoms with Crippen LogP contribution in [0, 0.1) is 5.92 Å². The quantitative estimate of drug-likeness (QED) is 0.775. The van der Waals surface area contributed by atoms with Crippen molar-refractivity contribution < 1.29 is 14.3 Å². The highest BCUT2D eigenvalue weighted by atomic mass is 16.5. The predicted octanol–water partition coefficient (Wildman–Crippen LogP) is 2.30. The summed E-state index contributed by atoms with van der Waals surface area (Å²) in [7, 11) is 3.45. The molecule has 1 aliphatic heterocycles. The number of carbonyl (C=O) groups is 2. The van der Waals surface area contributed by atoms with Crippen LogP contribution in [-0.4, -0.2) is 48.9 Å². The Bertz CT molecular complexity index is 559. The average Bonchev–Trinajstić information content (AvgIpc) is 2.93. The van der Waals surface area contributed by atoms with Gasteiger partial charge in [0.25, 0.3) is 0 Å². The van der Waals surface area contributed by atoms with Crippen molar-refractivity contribution in [3.05, 3.63) is 29.8 Å². The first-order valence-electron chi connectivity index (χ1n) is 8.21. The summed E-state index contributed by atoms with van der Waals surface area (Å²) in [6.07, 6.45) is 2.36. The van der Waals surface area contributed by atoms with E-state index in [0.717, 1.165) is 30.7 Å². The highest BCUT2D eigenvalue weighted by Crippen LogP contribution is 2.25. The highest BCUT2D eigenvalue weighted by Gasteiger charge is 2.35. The van der Waals surface area contributed by atoms with Crippen molar-refractivity contribution in [2.75, 3.05) is 27.2 Å². The lowest BCUT2D eigenvalue weighted by molar-refractivity contribution is -0.134. The fraction of sp³-hybridized carbons (Fsp3) is 0.556. The van der Waals surface area contributed by atoms with Crippen LogP contribution in [0.5, 0.6) is 5.75 Å². The van der Waals surface area contributed by atoms with Crippen molar-refractivity contribution in [3.8, 4) is 5.75 Å². The van der Waals surface area contributed by atoms with Gasteiger partial charge < -0.3 is 14.5 Å². The van der Waals surface area contributed by atoms with E-state index < -0.39 is 0 Å². The molecule has 1 atom stereocenters. The number of likely N-dealkylation sites (tertiary alicyclic amines) is 1. The van der Waals surface area contributed by atoms with E-state index in [-0.39, 0.29) is 17.7 Å². The molecule has 1 fully saturated rings. The molecule has 2 rings (SSSR count). The molecular formula is C18H26N2O3. The van der Waals surface area contributed by atoms with E-state index in [1.54, 1.807) is 16.9 Å². The largest absolute Gasteiger partial charge is 0.496 e. The van der Waals surface area contributed by atoms with E-state index >= 15 is 0 Å². The van der Waals surface area contributed by atoms with Gasteiger partial charge in [0.05, 0.1) is 13.0 Å². The van der Waals surface area contributed by atoms with Gasteiger partial charge in [-0.15, -0.1) is 0 Å². The summed E-state index contributed by atoms with van der Waals surface area (Å²) in [6, 6.07) is 7.67. The molecule has 1 aromatic carbocycles. The number of hydrogen-bond donors (Lipinski definition) is 0. The third-order valence-corrected chi connectivity index (χ3v) is 4.34. The van der Waals surface area contributed by atoms with Crippen molar-refractivity contribution in [2.24, 2.45) is 5.92 Å². The summed E-state index contributed by atoms with van der Waals surface area (Å²) < 4.78 is 5.33. The van der Waals surface area contributed by atoms with Gasteiger partial charge in [-0.2, -0.15) is 0 Å². The lowest BCUT2D eigenvalue weighted by Crippen LogP contribution is -2.35. The molecule has 126 valence electrons. The molecule has 1 aliphatic rings. The number of hydrogen-bond acceptors (Lipinski definition) is 3. The molecule has 0 aromatic heterocycles. The van der Waals surface area contributed by atoms with Crippen LogP contribution in [0.3, 0.4) is 0 Å². The van der Waals surface area contributed by atoms with Crippen molar-refractivity contribution >= 4 is 11.8 Å². The fourth-order valence-electron chi connectivity index (χ4n) is 2.95. The first-order valence-corrected chi connectivity index (χ1v) is 8.21. The minimum atomic E-state index is -0.223. The number of rotatable bonds is 7. The zero-order valence-corrected chi connectivity index (χ0v) is 14.2. The molecule has 5 nitrogen and oxygen atoms in total. The maximum atomic E-state index is 12.4. The summed E-state index contributed by atoms with van der Waals surface area (Å²) in [6.45, 7) is 3.84. The summed E-state index contributed by atoms with van der Waals surface area (Å²) in [5, 5.41) is 0. The van der Waals surface area contributed by atoms with Crippen LogP contribution < -0.4 is 4.74 Å². The van der Waals surface area contributed by atoms with Gasteiger partial charge in [-0.3, -0.25) is 9.59 Å². The Labute approximate surface area is 138 Å². The number of nitrogens with zero attached hydrogens (tertiary/aromatic N) is 2. The van der Waals surface area contributed by atoms with E-state index in [0.29, 0.717) is 19.5 Å². The normalized spacial score (nSPS) is 17.4. The average molecular weight is 318 g/mol. The zero-order valence-electron chi connectivity index (χ0n) is 14.2. The monoisotopic (exact) mass is 318 g/mol. The van der Waals surface area contributed by atoms with E-state index in [2.05, 4.69) is 6.92 Å². The minimum Gasteiger partial charge on any atom is -0.496 e. The van der Waals surface area contributed by atoms with E-state index in [1.165, 1.54) is 0 Å². The molecule has 5 heteroatoms. The second-order valence-electron chi connectivity index (χ2n) is 6.10. The maximum absolute atomic E-state index is 12.4. The van der Waals surface area contributed by atoms with E-state index in [1.807, 2.05) is 31.3 Å². The predicted molar refractivity (Wildman–Crippen MR) is 89.1 cm³/mol. The summed E-state index contributed by atoms with van der Waals surface area (Å²) in [5.74, 6) is 0.668. The first-order chi connectivity index (χ1) is 11.1. The number of carbonyl (C=O) groups excluding carboxylic acids is 2. The van der Waals surface area contributed by atoms with Gasteiger partial charge in [-0.1, -0.05) is 31.5 Å². The van der Waals surface area contributed by atoms with Gasteiger partial charge in [0, 0.05) is 38.7 Å². The molecule has 1 unspecified atom stereocenters. The topological polar surface area (TPSA) is 49.9 Å². The van der Waals surface area contributed by atoms with Crippen LogP contribution in [0.4, 0.5) is 0 Å². The van der Waals surface area contributed by atoms with Crippen LogP contribution >= 0.6 is 0 Å². The van der Waals surface area contributed by atoms with Gasteiger partial charge in [-0.25, -0.2) is 0 Å². The molecule has 1 aromatic rings. The van der Waals surface area contributed by atoms with Crippen LogP contribution in [0.15, 0.2) is 24.3 Å². The van der Waals surface area contributed by atoms with Crippen LogP contribution in [0.25, 0.3) is 0 Å². The fourth-order valence-corrected chi connectivity index (χ4v) is 2.95. The van der Waals surface area contributed by atoms with Crippen molar-refractivity contribution in [3.63, 3.8) is 0 Å². The highest BCUT2D eigenvalue weighted by molar-refractivity contribution is 5.89. The molecule has 23 heavy (non-hydrogen) atoms. The minimum absolute atomic E-state index is 0.0400. The van der Waals surface area contributed by atoms with Gasteiger partial charge in [0.2, 0.25) is 11.8 Å². The zero-order chi connectivity index (χ0) is 16.8. The molecule has 0 spiro atoms. The lowest BCUT2D eigenvalue weighted by Gasteiger charge is -2.21. The number of amides is 2. The first kappa shape index (κ1) is 17.3. The Kier molecular flexibility index (Phi) is 6.02. The molecule has 0 aliphatic carbocycles. The molecule has 1 heterocycles. The number of ether oxygens (including phenoxy) is 1. The van der Waals surface area contributed by atoms with Gasteiger partial charge in [-0.05, 0) is 12.5 Å². The Morgan fingerprint density at radius 3 is 2.83 bits per heavy atom. The summed E-state index contributed by atoms with van der Waals surface area (Å²) in [5.41, 5.74) is 0.968. The summed E-state index contributed by atoms with van der Waals surface area (Å²) >= 11 is 0. The smallest absolute Gasteiger partial charge is 0.227 e. The van der Waals surface area contributed by atoms with Crippen LogP contribution in [0.1, 0.15) is 31.7 Å². The standard InChI is InChI=1S/C18H26N2O3/c1-4-5-10-19(2)18(22)15-11-17(21)20(13-15)12-14-8-6-7-9-16(14)23-3/h6-9,15H,4-5,10-13H2,1-3H3. The van der Waals surface area contributed by atoms with Crippen LogP contribution in [0.2, 0.25) is 0 Å². The number of methoxy groups -OCH3 is 1. The van der Waals surface area contributed by atoms with Crippen molar-refractivity contribution in [1.82, 2.24) is 9.80 Å². The van der Waals surface area contributed by atoms with Gasteiger partial charge >= 0.3 is 0 Å². The SMILES string of the molecule is CCCCN(C)C(=O)C1CC(=O)N(Cc2ccccc2OC)C1. The third kappa shape index (κ3) is 4.24. The second-order valence-corrected chi connectivity index (χ2v) is 6.10. The van der Waals surface area contributed by atoms with E-state index in [9.17, 15) is 9.59 Å². The molecular weight excluding hydrogens is 292 g/mol. The van der Waals surface area contributed by atoms with Crippen molar-refractivity contribution in [2.45, 2.75) is 32.7 Å². The molecule has 0 saturated carbocycles. The van der Waals surface area contributed by atoms with Crippen LogP contribution in [-0.2, 0) is 16.1 Å². The molecule has 0 radical (unpaired) electrons. The van der Waals surface area contributed by atoms with Gasteiger partial charge in [0.15, 0.2) is 0 Å². The Morgan fingerprint density at radius 1 is 1.39 bits per heavy atom. The molecule has 1 saturated heterocycles. The Hall–Kier alpha value is -2.04. The second kappa shape index (κ2) is 7.99. The molecule has 0 bridgehead atoms.